The molecule has 0 spiro atoms. The summed E-state index contributed by atoms with van der Waals surface area (Å²) in [5.74, 6) is -1.37. The molecule has 0 bridgehead atoms. The number of carbonyl (C=O) groups is 2. The number of carbonyl (C=O) groups excluding carboxylic acids is 2. The molecule has 2 aromatic carbocycles. The molecule has 140 valence electrons. The number of benzene rings is 2. The number of rotatable bonds is 6. The van der Waals surface area contributed by atoms with Crippen molar-refractivity contribution in [1.29, 1.82) is 0 Å². The van der Waals surface area contributed by atoms with Gasteiger partial charge in [-0.25, -0.2) is 9.18 Å². The van der Waals surface area contributed by atoms with Gasteiger partial charge in [0.2, 0.25) is 0 Å². The summed E-state index contributed by atoms with van der Waals surface area (Å²) in [6, 6.07) is 13.9. The van der Waals surface area contributed by atoms with Crippen LogP contribution in [0.15, 0.2) is 48.5 Å². The number of halogens is 2. The Balaban J connectivity index is 1.54. The number of fused-ring (bicyclic) bond motifs is 1. The van der Waals surface area contributed by atoms with E-state index in [2.05, 4.69) is 5.32 Å². The summed E-state index contributed by atoms with van der Waals surface area (Å²) < 4.78 is 18.9. The van der Waals surface area contributed by atoms with Crippen LogP contribution in [0, 0.1) is 5.82 Å². The van der Waals surface area contributed by atoms with Gasteiger partial charge in [0.15, 0.2) is 6.61 Å². The molecule has 3 rings (SSSR count). The maximum atomic E-state index is 13.3. The molecule has 1 heterocycles. The van der Waals surface area contributed by atoms with Crippen molar-refractivity contribution in [2.45, 2.75) is 12.8 Å². The summed E-state index contributed by atoms with van der Waals surface area (Å²) in [5.41, 5.74) is 1.11. The van der Waals surface area contributed by atoms with Gasteiger partial charge in [0.1, 0.15) is 10.7 Å². The summed E-state index contributed by atoms with van der Waals surface area (Å²) >= 11 is 7.21. The Bertz CT molecular complexity index is 974. The Hall–Kier alpha value is -2.44. The molecule has 7 heteroatoms. The molecular formula is C20H17ClFNO3S. The molecule has 0 aliphatic rings. The number of nitrogens with one attached hydrogen (secondary N) is 1. The molecule has 0 unspecified atom stereocenters. The topological polar surface area (TPSA) is 55.4 Å². The van der Waals surface area contributed by atoms with Crippen molar-refractivity contribution in [3.63, 3.8) is 0 Å². The summed E-state index contributed by atoms with van der Waals surface area (Å²) in [6.45, 7) is 2.03. The van der Waals surface area contributed by atoms with E-state index in [4.69, 9.17) is 16.3 Å². The third-order valence-corrected chi connectivity index (χ3v) is 5.72. The normalized spacial score (nSPS) is 12.0. The molecule has 1 atom stereocenters. The maximum Gasteiger partial charge on any atom is 0.350 e. The third kappa shape index (κ3) is 4.64. The lowest BCUT2D eigenvalue weighted by Crippen LogP contribution is -2.31. The second kappa shape index (κ2) is 8.50. The van der Waals surface area contributed by atoms with E-state index in [0.717, 1.165) is 16.9 Å². The van der Waals surface area contributed by atoms with Crippen molar-refractivity contribution >= 4 is 44.9 Å². The monoisotopic (exact) mass is 405 g/mol. The average Bonchev–Trinajstić information content (AvgIpc) is 3.00. The molecule has 4 nitrogen and oxygen atoms in total. The summed E-state index contributed by atoms with van der Waals surface area (Å²) in [6.07, 6.45) is 0. The molecule has 1 N–H and O–H groups in total. The highest BCUT2D eigenvalue weighted by Gasteiger charge is 2.20. The van der Waals surface area contributed by atoms with Crippen LogP contribution in [0.25, 0.3) is 10.1 Å². The van der Waals surface area contributed by atoms with Gasteiger partial charge in [0.25, 0.3) is 5.91 Å². The molecule has 0 aliphatic carbocycles. The second-order valence-corrected chi connectivity index (χ2v) is 7.51. The first-order chi connectivity index (χ1) is 13.0. The van der Waals surface area contributed by atoms with Gasteiger partial charge < -0.3 is 10.1 Å². The zero-order valence-electron chi connectivity index (χ0n) is 14.5. The van der Waals surface area contributed by atoms with E-state index in [0.29, 0.717) is 16.6 Å². The van der Waals surface area contributed by atoms with Crippen LogP contribution in [-0.2, 0) is 9.53 Å². The fraction of sp³-hybridized carbons (Fsp3) is 0.200. The van der Waals surface area contributed by atoms with Gasteiger partial charge in [-0.1, -0.05) is 48.9 Å². The van der Waals surface area contributed by atoms with Crippen LogP contribution in [0.3, 0.4) is 0 Å². The number of hydrogen-bond donors (Lipinski definition) is 1. The average molecular weight is 406 g/mol. The lowest BCUT2D eigenvalue weighted by Gasteiger charge is -2.13. The SMILES string of the molecule is C[C@H](CNC(=O)COC(=O)c1sc2cc(F)ccc2c1Cl)c1ccccc1. The number of hydrogen-bond acceptors (Lipinski definition) is 4. The first-order valence-corrected chi connectivity index (χ1v) is 9.51. The predicted molar refractivity (Wildman–Crippen MR) is 105 cm³/mol. The predicted octanol–water partition coefficient (Wildman–Crippen LogP) is 4.77. The van der Waals surface area contributed by atoms with E-state index in [-0.39, 0.29) is 15.8 Å². The van der Waals surface area contributed by atoms with Crippen molar-refractivity contribution in [3.05, 3.63) is 69.8 Å². The van der Waals surface area contributed by atoms with Crippen LogP contribution in [0.4, 0.5) is 4.39 Å². The van der Waals surface area contributed by atoms with Gasteiger partial charge in [-0.2, -0.15) is 0 Å². The van der Waals surface area contributed by atoms with E-state index in [1.54, 1.807) is 0 Å². The summed E-state index contributed by atoms with van der Waals surface area (Å²) in [4.78, 5) is 24.3. The minimum atomic E-state index is -0.701. The molecule has 0 aliphatic heterocycles. The summed E-state index contributed by atoms with van der Waals surface area (Å²) in [5, 5.41) is 3.53. The number of thiophene rings is 1. The molecule has 3 aromatic rings. The highest BCUT2D eigenvalue weighted by molar-refractivity contribution is 7.21. The molecule has 0 radical (unpaired) electrons. The Kier molecular flexibility index (Phi) is 6.08. The first-order valence-electron chi connectivity index (χ1n) is 8.32. The Morgan fingerprint density at radius 3 is 2.70 bits per heavy atom. The van der Waals surface area contributed by atoms with E-state index in [9.17, 15) is 14.0 Å². The van der Waals surface area contributed by atoms with Crippen molar-refractivity contribution in [2.24, 2.45) is 0 Å². The molecule has 1 aromatic heterocycles. The number of amides is 1. The molecule has 0 saturated carbocycles. The van der Waals surface area contributed by atoms with Crippen LogP contribution in [-0.4, -0.2) is 25.0 Å². The lowest BCUT2D eigenvalue weighted by molar-refractivity contribution is -0.124. The van der Waals surface area contributed by atoms with Gasteiger partial charge in [0, 0.05) is 16.6 Å². The quantitative estimate of drug-likeness (QED) is 0.601. The zero-order valence-corrected chi connectivity index (χ0v) is 16.1. The molecule has 0 fully saturated rings. The standard InChI is InChI=1S/C20H17ClFNO3S/c1-12(13-5-3-2-4-6-13)10-23-17(24)11-26-20(25)19-18(21)15-8-7-14(22)9-16(15)27-19/h2-9,12H,10-11H2,1H3,(H,23,24)/t12-/m1/s1. The smallest absolute Gasteiger partial charge is 0.350 e. The Morgan fingerprint density at radius 2 is 1.96 bits per heavy atom. The second-order valence-electron chi connectivity index (χ2n) is 6.08. The minimum Gasteiger partial charge on any atom is -0.451 e. The van der Waals surface area contributed by atoms with Crippen molar-refractivity contribution in [3.8, 4) is 0 Å². The lowest BCUT2D eigenvalue weighted by atomic mass is 10.0. The number of ether oxygens (including phenoxy) is 1. The van der Waals surface area contributed by atoms with Crippen molar-refractivity contribution in [2.75, 3.05) is 13.2 Å². The van der Waals surface area contributed by atoms with Gasteiger partial charge in [-0.05, 0) is 29.7 Å². The maximum absolute atomic E-state index is 13.3. The van der Waals surface area contributed by atoms with E-state index in [1.807, 2.05) is 37.3 Å². The molecule has 1 amide bonds. The Morgan fingerprint density at radius 1 is 1.22 bits per heavy atom. The Labute approximate surface area is 164 Å². The highest BCUT2D eigenvalue weighted by atomic mass is 35.5. The fourth-order valence-electron chi connectivity index (χ4n) is 2.58. The molecule has 27 heavy (non-hydrogen) atoms. The van der Waals surface area contributed by atoms with Crippen LogP contribution in [0.2, 0.25) is 5.02 Å². The van der Waals surface area contributed by atoms with Gasteiger partial charge in [-0.15, -0.1) is 11.3 Å². The fourth-order valence-corrected chi connectivity index (χ4v) is 4.01. The largest absolute Gasteiger partial charge is 0.451 e. The van der Waals surface area contributed by atoms with Crippen LogP contribution in [0.1, 0.15) is 28.1 Å². The molecular weight excluding hydrogens is 389 g/mol. The van der Waals surface area contributed by atoms with Gasteiger partial charge in [0.05, 0.1) is 5.02 Å². The highest BCUT2D eigenvalue weighted by Crippen LogP contribution is 2.36. The van der Waals surface area contributed by atoms with E-state index < -0.39 is 24.3 Å². The minimum absolute atomic E-state index is 0.137. The van der Waals surface area contributed by atoms with E-state index in [1.165, 1.54) is 18.2 Å². The van der Waals surface area contributed by atoms with Crippen molar-refractivity contribution < 1.29 is 18.7 Å². The van der Waals surface area contributed by atoms with Crippen LogP contribution < -0.4 is 5.32 Å². The van der Waals surface area contributed by atoms with Crippen LogP contribution in [0.5, 0.6) is 0 Å². The first kappa shape index (κ1) is 19.3. The van der Waals surface area contributed by atoms with E-state index >= 15 is 0 Å². The van der Waals surface area contributed by atoms with Gasteiger partial charge in [-0.3, -0.25) is 4.79 Å². The van der Waals surface area contributed by atoms with Crippen molar-refractivity contribution in [1.82, 2.24) is 5.32 Å². The molecule has 0 saturated heterocycles. The van der Waals surface area contributed by atoms with Crippen LogP contribution >= 0.6 is 22.9 Å². The third-order valence-electron chi connectivity index (χ3n) is 4.09. The zero-order chi connectivity index (χ0) is 19.4. The number of esters is 1. The van der Waals surface area contributed by atoms with Gasteiger partial charge >= 0.3 is 5.97 Å². The summed E-state index contributed by atoms with van der Waals surface area (Å²) in [7, 11) is 0.